The second-order valence-corrected chi connectivity index (χ2v) is 8.51. The fourth-order valence-corrected chi connectivity index (χ4v) is 4.14. The first kappa shape index (κ1) is 22.0. The summed E-state index contributed by atoms with van der Waals surface area (Å²) in [5, 5.41) is 0. The Balaban J connectivity index is 2.41. The zero-order chi connectivity index (χ0) is 18.7. The zero-order valence-electron chi connectivity index (χ0n) is 17.6. The average Bonchev–Trinajstić information content (AvgIpc) is 2.59. The molecule has 0 bridgehead atoms. The standard InChI is InChI=1S/C25H42/c1-7-12-20(3)17-21(4)15-16-24(8-2)19-22(5)18-23(6)25-13-10-9-11-14-25/h9-11,13,16,20-22,25H,6-8,12,14-15,17-19H2,1-5H3. The highest BCUT2D eigenvalue weighted by Crippen LogP contribution is 2.29. The average molecular weight is 343 g/mol. The summed E-state index contributed by atoms with van der Waals surface area (Å²) in [5.41, 5.74) is 3.06. The Labute approximate surface area is 158 Å². The molecule has 0 aromatic rings. The molecule has 0 amide bonds. The van der Waals surface area contributed by atoms with E-state index in [1.54, 1.807) is 5.57 Å². The normalized spacial score (nSPS) is 21.2. The van der Waals surface area contributed by atoms with Gasteiger partial charge in [-0.3, -0.25) is 0 Å². The molecule has 0 aliphatic heterocycles. The lowest BCUT2D eigenvalue weighted by Gasteiger charge is -2.21. The van der Waals surface area contributed by atoms with Gasteiger partial charge in [0.05, 0.1) is 0 Å². The van der Waals surface area contributed by atoms with Gasteiger partial charge in [-0.05, 0) is 56.3 Å². The molecular formula is C25H42. The lowest BCUT2D eigenvalue weighted by atomic mass is 9.85. The number of hydrogen-bond donors (Lipinski definition) is 0. The van der Waals surface area contributed by atoms with E-state index in [2.05, 4.69) is 71.6 Å². The summed E-state index contributed by atoms with van der Waals surface area (Å²) in [4.78, 5) is 0. The van der Waals surface area contributed by atoms with E-state index in [9.17, 15) is 0 Å². The first-order valence-corrected chi connectivity index (χ1v) is 10.6. The molecule has 1 aliphatic carbocycles. The Kier molecular flexibility index (Phi) is 10.9. The van der Waals surface area contributed by atoms with Crippen LogP contribution in [0, 0.1) is 23.7 Å². The fourth-order valence-electron chi connectivity index (χ4n) is 4.14. The van der Waals surface area contributed by atoms with Crippen molar-refractivity contribution in [2.75, 3.05) is 0 Å². The van der Waals surface area contributed by atoms with Crippen LogP contribution in [0.5, 0.6) is 0 Å². The first-order chi connectivity index (χ1) is 12.0. The van der Waals surface area contributed by atoms with Crippen molar-refractivity contribution >= 4 is 0 Å². The van der Waals surface area contributed by atoms with Gasteiger partial charge in [0.2, 0.25) is 0 Å². The second kappa shape index (κ2) is 12.3. The smallest absolute Gasteiger partial charge is 0.00119 e. The van der Waals surface area contributed by atoms with Crippen LogP contribution >= 0.6 is 0 Å². The summed E-state index contributed by atoms with van der Waals surface area (Å²) in [7, 11) is 0. The quantitative estimate of drug-likeness (QED) is 0.313. The lowest BCUT2D eigenvalue weighted by Crippen LogP contribution is -2.07. The van der Waals surface area contributed by atoms with Gasteiger partial charge in [-0.2, -0.15) is 0 Å². The molecule has 0 heteroatoms. The van der Waals surface area contributed by atoms with E-state index in [0.717, 1.165) is 24.7 Å². The van der Waals surface area contributed by atoms with Crippen LogP contribution in [0.2, 0.25) is 0 Å². The third-order valence-electron chi connectivity index (χ3n) is 5.58. The van der Waals surface area contributed by atoms with Crippen LogP contribution in [-0.4, -0.2) is 0 Å². The van der Waals surface area contributed by atoms with Crippen molar-refractivity contribution in [1.29, 1.82) is 0 Å². The topological polar surface area (TPSA) is 0 Å². The van der Waals surface area contributed by atoms with Gasteiger partial charge in [-0.15, -0.1) is 0 Å². The highest BCUT2D eigenvalue weighted by molar-refractivity contribution is 5.20. The van der Waals surface area contributed by atoms with Crippen molar-refractivity contribution < 1.29 is 0 Å². The van der Waals surface area contributed by atoms with Gasteiger partial charge < -0.3 is 0 Å². The third-order valence-corrected chi connectivity index (χ3v) is 5.58. The van der Waals surface area contributed by atoms with E-state index in [1.807, 2.05) is 0 Å². The largest absolute Gasteiger partial charge is 0.0992 e. The van der Waals surface area contributed by atoms with Crippen LogP contribution in [0.15, 0.2) is 48.1 Å². The summed E-state index contributed by atoms with van der Waals surface area (Å²) in [6, 6.07) is 0. The Morgan fingerprint density at radius 3 is 2.44 bits per heavy atom. The van der Waals surface area contributed by atoms with Crippen molar-refractivity contribution in [2.24, 2.45) is 23.7 Å². The summed E-state index contributed by atoms with van der Waals surface area (Å²) < 4.78 is 0. The van der Waals surface area contributed by atoms with E-state index in [-0.39, 0.29) is 0 Å². The maximum absolute atomic E-state index is 4.37. The third kappa shape index (κ3) is 9.28. The van der Waals surface area contributed by atoms with Gasteiger partial charge in [0.15, 0.2) is 0 Å². The SMILES string of the molecule is C=C(CC(C)CC(=CCC(C)CC(C)CCC)CC)C1C=CC=CC1. The van der Waals surface area contributed by atoms with E-state index < -0.39 is 0 Å². The number of rotatable bonds is 12. The molecule has 0 N–H and O–H groups in total. The lowest BCUT2D eigenvalue weighted by molar-refractivity contribution is 0.393. The van der Waals surface area contributed by atoms with Crippen molar-refractivity contribution in [3.63, 3.8) is 0 Å². The predicted octanol–water partition coefficient (Wildman–Crippen LogP) is 8.28. The molecule has 0 radical (unpaired) electrons. The summed E-state index contributed by atoms with van der Waals surface area (Å²) >= 11 is 0. The maximum atomic E-state index is 4.37. The van der Waals surface area contributed by atoms with Gasteiger partial charge in [0.1, 0.15) is 0 Å². The Bertz CT molecular complexity index is 462. The van der Waals surface area contributed by atoms with Crippen LogP contribution < -0.4 is 0 Å². The highest BCUT2D eigenvalue weighted by Gasteiger charge is 2.14. The molecule has 1 aliphatic rings. The Hall–Kier alpha value is -1.04. The highest BCUT2D eigenvalue weighted by atomic mass is 14.2. The minimum Gasteiger partial charge on any atom is -0.0992 e. The first-order valence-electron chi connectivity index (χ1n) is 10.6. The zero-order valence-corrected chi connectivity index (χ0v) is 17.6. The number of allylic oxidation sites excluding steroid dienone is 7. The van der Waals surface area contributed by atoms with Crippen molar-refractivity contribution in [3.05, 3.63) is 48.1 Å². The maximum Gasteiger partial charge on any atom is 0.00119 e. The molecule has 0 aromatic heterocycles. The van der Waals surface area contributed by atoms with Crippen molar-refractivity contribution in [3.8, 4) is 0 Å². The minimum atomic E-state index is 0.557. The van der Waals surface area contributed by atoms with Crippen LogP contribution in [0.3, 0.4) is 0 Å². The molecule has 1 rings (SSSR count). The molecule has 0 fully saturated rings. The van der Waals surface area contributed by atoms with E-state index in [4.69, 9.17) is 0 Å². The Morgan fingerprint density at radius 1 is 1.08 bits per heavy atom. The van der Waals surface area contributed by atoms with Gasteiger partial charge >= 0.3 is 0 Å². The molecule has 0 spiro atoms. The molecule has 0 heterocycles. The van der Waals surface area contributed by atoms with Crippen LogP contribution in [-0.2, 0) is 0 Å². The van der Waals surface area contributed by atoms with Crippen LogP contribution in [0.1, 0.15) is 86.0 Å². The van der Waals surface area contributed by atoms with Gasteiger partial charge in [0.25, 0.3) is 0 Å². The van der Waals surface area contributed by atoms with Crippen LogP contribution in [0.4, 0.5) is 0 Å². The Morgan fingerprint density at radius 2 is 1.84 bits per heavy atom. The van der Waals surface area contributed by atoms with Crippen LogP contribution in [0.25, 0.3) is 0 Å². The van der Waals surface area contributed by atoms with Gasteiger partial charge in [-0.1, -0.05) is 95.6 Å². The second-order valence-electron chi connectivity index (χ2n) is 8.51. The summed E-state index contributed by atoms with van der Waals surface area (Å²) in [6.07, 6.45) is 21.5. The van der Waals surface area contributed by atoms with E-state index in [0.29, 0.717) is 11.8 Å². The summed E-state index contributed by atoms with van der Waals surface area (Å²) in [5.74, 6) is 2.94. The molecule has 4 atom stereocenters. The molecule has 4 unspecified atom stereocenters. The number of hydrogen-bond acceptors (Lipinski definition) is 0. The van der Waals surface area contributed by atoms with Gasteiger partial charge in [0, 0.05) is 5.92 Å². The molecule has 0 saturated heterocycles. The predicted molar refractivity (Wildman–Crippen MR) is 115 cm³/mol. The van der Waals surface area contributed by atoms with Crippen molar-refractivity contribution in [2.45, 2.75) is 86.0 Å². The van der Waals surface area contributed by atoms with Crippen molar-refractivity contribution in [1.82, 2.24) is 0 Å². The molecule has 0 saturated carbocycles. The summed E-state index contributed by atoms with van der Waals surface area (Å²) in [6.45, 7) is 16.2. The molecule has 0 nitrogen and oxygen atoms in total. The minimum absolute atomic E-state index is 0.557. The molecular weight excluding hydrogens is 300 g/mol. The van der Waals surface area contributed by atoms with E-state index in [1.165, 1.54) is 44.1 Å². The van der Waals surface area contributed by atoms with Gasteiger partial charge in [-0.25, -0.2) is 0 Å². The van der Waals surface area contributed by atoms with E-state index >= 15 is 0 Å². The molecule has 0 aromatic carbocycles. The molecule has 25 heavy (non-hydrogen) atoms. The fraction of sp³-hybridized carbons (Fsp3) is 0.680. The monoisotopic (exact) mass is 342 g/mol. The molecule has 142 valence electrons.